The third-order valence-electron chi connectivity index (χ3n) is 4.31. The van der Waals surface area contributed by atoms with Crippen LogP contribution in [0.2, 0.25) is 5.02 Å². The molecule has 0 aromatic heterocycles. The molecule has 1 atom stereocenters. The van der Waals surface area contributed by atoms with Crippen LogP contribution in [0.15, 0.2) is 86.6 Å². The van der Waals surface area contributed by atoms with Crippen LogP contribution in [0.3, 0.4) is 0 Å². The van der Waals surface area contributed by atoms with E-state index in [-0.39, 0.29) is 18.0 Å². The van der Waals surface area contributed by atoms with Crippen molar-refractivity contribution in [3.63, 3.8) is 0 Å². The van der Waals surface area contributed by atoms with Crippen LogP contribution in [-0.4, -0.2) is 27.4 Å². The summed E-state index contributed by atoms with van der Waals surface area (Å²) in [5.41, 5.74) is 0.665. The van der Waals surface area contributed by atoms with E-state index >= 15 is 0 Å². The molecule has 1 unspecified atom stereocenters. The van der Waals surface area contributed by atoms with Crippen molar-refractivity contribution in [2.75, 3.05) is 13.1 Å². The van der Waals surface area contributed by atoms with E-state index in [0.717, 1.165) is 0 Å². The number of hydrogen-bond acceptors (Lipinski definition) is 4. The Morgan fingerprint density at radius 1 is 0.969 bits per heavy atom. The normalized spacial score (nSPS) is 12.2. The van der Waals surface area contributed by atoms with Crippen molar-refractivity contribution < 1.29 is 17.9 Å². The summed E-state index contributed by atoms with van der Waals surface area (Å²) in [5.74, 6) is 0.0904. The lowest BCUT2D eigenvalue weighted by Crippen LogP contribution is -2.38. The number of nitrogens with one attached hydrogen (secondary N) is 2. The van der Waals surface area contributed by atoms with E-state index in [0.29, 0.717) is 25.3 Å². The summed E-state index contributed by atoms with van der Waals surface area (Å²) in [5, 5.41) is 3.28. The lowest BCUT2D eigenvalue weighted by atomic mass is 10.1. The molecule has 0 saturated heterocycles. The van der Waals surface area contributed by atoms with Gasteiger partial charge in [-0.15, -0.1) is 0 Å². The molecular formula is C22H19Br2ClN2O4S. The van der Waals surface area contributed by atoms with Crippen LogP contribution in [0.1, 0.15) is 11.7 Å². The molecule has 0 fully saturated rings. The summed E-state index contributed by atoms with van der Waals surface area (Å²) in [7, 11) is -3.76. The maximum atomic E-state index is 12.9. The van der Waals surface area contributed by atoms with E-state index in [9.17, 15) is 13.2 Å². The largest absolute Gasteiger partial charge is 0.476 e. The van der Waals surface area contributed by atoms with Crippen molar-refractivity contribution in [1.82, 2.24) is 10.0 Å². The Morgan fingerprint density at radius 2 is 1.66 bits per heavy atom. The fourth-order valence-corrected chi connectivity index (χ4v) is 5.43. The highest BCUT2D eigenvalue weighted by atomic mass is 79.9. The average Bonchev–Trinajstić information content (AvgIpc) is 2.78. The first-order valence-corrected chi connectivity index (χ1v) is 12.9. The lowest BCUT2D eigenvalue weighted by molar-refractivity contribution is -0.128. The van der Waals surface area contributed by atoms with Gasteiger partial charge in [-0.2, -0.15) is 0 Å². The van der Waals surface area contributed by atoms with E-state index in [4.69, 9.17) is 16.3 Å². The number of rotatable bonds is 9. The van der Waals surface area contributed by atoms with Crippen LogP contribution in [0, 0.1) is 0 Å². The minimum Gasteiger partial charge on any atom is -0.476 e. The molecule has 0 radical (unpaired) electrons. The molecular weight excluding hydrogens is 584 g/mol. The van der Waals surface area contributed by atoms with Gasteiger partial charge in [0, 0.05) is 32.6 Å². The van der Waals surface area contributed by atoms with E-state index in [2.05, 4.69) is 41.9 Å². The first-order chi connectivity index (χ1) is 15.3. The van der Waals surface area contributed by atoms with Gasteiger partial charge in [0.2, 0.25) is 16.1 Å². The topological polar surface area (TPSA) is 84.5 Å². The number of halogens is 3. The Morgan fingerprint density at radius 3 is 2.34 bits per heavy atom. The molecule has 0 aliphatic carbocycles. The minimum absolute atomic E-state index is 0.00941. The predicted octanol–water partition coefficient (Wildman–Crippen LogP) is 5.08. The SMILES string of the molecule is O=C(NCCNS(=O)(=O)c1cc(Br)ccc1Br)C(Oc1ccc(Cl)cc1)c1ccccc1. The van der Waals surface area contributed by atoms with Crippen molar-refractivity contribution >= 4 is 59.4 Å². The fraction of sp³-hybridized carbons (Fsp3) is 0.136. The van der Waals surface area contributed by atoms with Gasteiger partial charge >= 0.3 is 0 Å². The minimum atomic E-state index is -3.76. The Kier molecular flexibility index (Phi) is 8.72. The van der Waals surface area contributed by atoms with E-state index in [1.807, 2.05) is 18.2 Å². The Bertz CT molecular complexity index is 1180. The monoisotopic (exact) mass is 600 g/mol. The van der Waals surface area contributed by atoms with Crippen molar-refractivity contribution in [1.29, 1.82) is 0 Å². The van der Waals surface area contributed by atoms with Gasteiger partial charge < -0.3 is 10.1 Å². The molecule has 3 aromatic carbocycles. The highest BCUT2D eigenvalue weighted by molar-refractivity contribution is 9.11. The van der Waals surface area contributed by atoms with Gasteiger partial charge in [0.15, 0.2) is 0 Å². The first-order valence-electron chi connectivity index (χ1n) is 9.46. The second kappa shape index (κ2) is 11.3. The molecule has 3 rings (SSSR count). The number of sulfonamides is 1. The zero-order chi connectivity index (χ0) is 23.1. The Hall–Kier alpha value is -1.91. The van der Waals surface area contributed by atoms with E-state index in [1.165, 1.54) is 6.07 Å². The standard InChI is InChI=1S/C22H19Br2ClN2O4S/c23-16-6-11-19(24)20(14-16)32(29,30)27-13-12-26-22(28)21(15-4-2-1-3-5-15)31-18-9-7-17(25)8-10-18/h1-11,14,21,27H,12-13H2,(H,26,28). The molecule has 10 heteroatoms. The van der Waals surface area contributed by atoms with Gasteiger partial charge in [0.05, 0.1) is 4.90 Å². The summed E-state index contributed by atoms with van der Waals surface area (Å²) >= 11 is 12.4. The lowest BCUT2D eigenvalue weighted by Gasteiger charge is -2.19. The number of carbonyl (C=O) groups excluding carboxylic acids is 1. The zero-order valence-corrected chi connectivity index (χ0v) is 21.3. The number of ether oxygens (including phenoxy) is 1. The smallest absolute Gasteiger partial charge is 0.265 e. The summed E-state index contributed by atoms with van der Waals surface area (Å²) < 4.78 is 34.6. The van der Waals surface area contributed by atoms with Crippen molar-refractivity contribution in [3.05, 3.63) is 92.3 Å². The van der Waals surface area contributed by atoms with Crippen LogP contribution < -0.4 is 14.8 Å². The average molecular weight is 603 g/mol. The number of amides is 1. The van der Waals surface area contributed by atoms with Gasteiger partial charge in [-0.25, -0.2) is 13.1 Å². The van der Waals surface area contributed by atoms with Gasteiger partial charge in [0.25, 0.3) is 5.91 Å². The molecule has 1 amide bonds. The summed E-state index contributed by atoms with van der Waals surface area (Å²) in [4.78, 5) is 13.0. The van der Waals surface area contributed by atoms with Crippen LogP contribution in [0.25, 0.3) is 0 Å². The first kappa shape index (κ1) is 24.7. The second-order valence-corrected chi connectivity index (χ2v) is 10.6. The number of benzene rings is 3. The molecule has 32 heavy (non-hydrogen) atoms. The molecule has 0 heterocycles. The van der Waals surface area contributed by atoms with Gasteiger partial charge in [-0.1, -0.05) is 57.9 Å². The van der Waals surface area contributed by atoms with Crippen LogP contribution >= 0.6 is 43.5 Å². The maximum absolute atomic E-state index is 12.9. The molecule has 0 bridgehead atoms. The molecule has 0 saturated carbocycles. The highest BCUT2D eigenvalue weighted by Gasteiger charge is 2.23. The number of hydrogen-bond donors (Lipinski definition) is 2. The second-order valence-electron chi connectivity index (χ2n) is 6.63. The Balaban J connectivity index is 1.63. The van der Waals surface area contributed by atoms with Gasteiger partial charge in [-0.05, 0) is 58.4 Å². The predicted molar refractivity (Wildman–Crippen MR) is 131 cm³/mol. The summed E-state index contributed by atoms with van der Waals surface area (Å²) in [6.07, 6.45) is -0.909. The summed E-state index contributed by atoms with van der Waals surface area (Å²) in [6.45, 7) is 0.0898. The van der Waals surface area contributed by atoms with E-state index < -0.39 is 22.0 Å². The van der Waals surface area contributed by atoms with E-state index in [1.54, 1.807) is 48.5 Å². The quantitative estimate of drug-likeness (QED) is 0.335. The van der Waals surface area contributed by atoms with Crippen LogP contribution in [0.4, 0.5) is 0 Å². The molecule has 0 spiro atoms. The van der Waals surface area contributed by atoms with Crippen molar-refractivity contribution in [2.24, 2.45) is 0 Å². The van der Waals surface area contributed by atoms with Gasteiger partial charge in [0.1, 0.15) is 5.75 Å². The third-order valence-corrected chi connectivity index (χ3v) is 7.51. The fourth-order valence-electron chi connectivity index (χ4n) is 2.77. The Labute approximate surface area is 208 Å². The molecule has 6 nitrogen and oxygen atoms in total. The summed E-state index contributed by atoms with van der Waals surface area (Å²) in [6, 6.07) is 20.6. The van der Waals surface area contributed by atoms with Crippen LogP contribution in [-0.2, 0) is 14.8 Å². The number of carbonyl (C=O) groups is 1. The molecule has 168 valence electrons. The maximum Gasteiger partial charge on any atom is 0.265 e. The highest BCUT2D eigenvalue weighted by Crippen LogP contribution is 2.26. The van der Waals surface area contributed by atoms with Crippen molar-refractivity contribution in [2.45, 2.75) is 11.0 Å². The molecule has 3 aromatic rings. The van der Waals surface area contributed by atoms with Crippen molar-refractivity contribution in [3.8, 4) is 5.75 Å². The zero-order valence-electron chi connectivity index (χ0n) is 16.6. The molecule has 2 N–H and O–H groups in total. The third kappa shape index (κ3) is 6.79. The van der Waals surface area contributed by atoms with Crippen LogP contribution in [0.5, 0.6) is 5.75 Å². The molecule has 0 aliphatic heterocycles. The van der Waals surface area contributed by atoms with Gasteiger partial charge in [-0.3, -0.25) is 4.79 Å². The molecule has 0 aliphatic rings.